The quantitative estimate of drug-likeness (QED) is 0.580. The lowest BCUT2D eigenvalue weighted by Gasteiger charge is -2.03. The van der Waals surface area contributed by atoms with Gasteiger partial charge in [-0.05, 0) is 31.2 Å². The van der Waals surface area contributed by atoms with Crippen molar-refractivity contribution in [3.8, 4) is 17.0 Å². The van der Waals surface area contributed by atoms with Crippen LogP contribution in [0.4, 0.5) is 0 Å². The van der Waals surface area contributed by atoms with Gasteiger partial charge in [-0.1, -0.05) is 29.8 Å². The first kappa shape index (κ1) is 12.9. The highest BCUT2D eigenvalue weighted by Crippen LogP contribution is 2.33. The van der Waals surface area contributed by atoms with Crippen LogP contribution in [0.15, 0.2) is 54.7 Å². The van der Waals surface area contributed by atoms with E-state index < -0.39 is 0 Å². The molecule has 2 aromatic carbocycles. The molecule has 3 heteroatoms. The monoisotopic (exact) mass is 288 g/mol. The van der Waals surface area contributed by atoms with Crippen LogP contribution in [-0.4, -0.2) is 17.1 Å². The van der Waals surface area contributed by atoms with Gasteiger partial charge in [-0.25, -0.2) is 0 Å². The number of nitrogens with zero attached hydrogens (tertiary/aromatic N) is 1. The molecule has 0 spiro atoms. The van der Waals surface area contributed by atoms with E-state index in [1.54, 1.807) is 7.11 Å². The largest absolute Gasteiger partial charge is 0.497 e. The van der Waals surface area contributed by atoms with E-state index in [9.17, 15) is 0 Å². The third-order valence-corrected chi connectivity index (χ3v) is 4.05. The van der Waals surface area contributed by atoms with Crippen LogP contribution >= 0.6 is 0 Å². The highest BCUT2D eigenvalue weighted by Gasteiger charge is 2.11. The summed E-state index contributed by atoms with van der Waals surface area (Å²) in [7, 11) is 1.69. The van der Waals surface area contributed by atoms with E-state index >= 15 is 0 Å². The Bertz CT molecular complexity index is 968. The molecule has 4 aromatic rings. The number of hydrogen-bond donors (Lipinski definition) is 1. The van der Waals surface area contributed by atoms with Gasteiger partial charge in [0.2, 0.25) is 0 Å². The van der Waals surface area contributed by atoms with Crippen molar-refractivity contribution >= 4 is 21.8 Å². The normalized spacial score (nSPS) is 11.2. The summed E-state index contributed by atoms with van der Waals surface area (Å²) in [5, 5.41) is 2.32. The Kier molecular flexibility index (Phi) is 2.86. The van der Waals surface area contributed by atoms with E-state index in [1.807, 2.05) is 24.4 Å². The van der Waals surface area contributed by atoms with Crippen LogP contribution < -0.4 is 4.74 Å². The third-order valence-electron chi connectivity index (χ3n) is 4.05. The molecule has 0 bridgehead atoms. The molecule has 0 fully saturated rings. The number of H-pyrrole nitrogens is 1. The smallest absolute Gasteiger partial charge is 0.119 e. The predicted octanol–water partition coefficient (Wildman–Crippen LogP) is 4.70. The summed E-state index contributed by atoms with van der Waals surface area (Å²) in [5.74, 6) is 0.863. The highest BCUT2D eigenvalue weighted by atomic mass is 16.5. The van der Waals surface area contributed by atoms with Crippen molar-refractivity contribution in [1.82, 2.24) is 9.97 Å². The molecule has 0 aliphatic carbocycles. The van der Waals surface area contributed by atoms with E-state index in [-0.39, 0.29) is 0 Å². The molecular weight excluding hydrogens is 272 g/mol. The zero-order chi connectivity index (χ0) is 15.1. The number of aryl methyl sites for hydroxylation is 1. The van der Waals surface area contributed by atoms with Gasteiger partial charge in [0.15, 0.2) is 0 Å². The van der Waals surface area contributed by atoms with Crippen molar-refractivity contribution < 1.29 is 4.74 Å². The molecule has 0 aliphatic heterocycles. The maximum absolute atomic E-state index is 5.34. The number of methoxy groups -OCH3 is 1. The molecule has 22 heavy (non-hydrogen) atoms. The number of aromatic amines is 1. The van der Waals surface area contributed by atoms with Gasteiger partial charge in [-0.2, -0.15) is 0 Å². The minimum absolute atomic E-state index is 0.863. The first-order chi connectivity index (χ1) is 10.8. The molecule has 0 atom stereocenters. The second-order valence-electron chi connectivity index (χ2n) is 5.48. The van der Waals surface area contributed by atoms with Crippen LogP contribution in [0.5, 0.6) is 5.75 Å². The zero-order valence-corrected chi connectivity index (χ0v) is 12.6. The van der Waals surface area contributed by atoms with Gasteiger partial charge in [-0.15, -0.1) is 0 Å². The van der Waals surface area contributed by atoms with Crippen LogP contribution in [0.25, 0.3) is 33.1 Å². The van der Waals surface area contributed by atoms with Crippen LogP contribution in [0, 0.1) is 6.92 Å². The lowest BCUT2D eigenvalue weighted by Crippen LogP contribution is -1.85. The average Bonchev–Trinajstić information content (AvgIpc) is 2.93. The van der Waals surface area contributed by atoms with Gasteiger partial charge < -0.3 is 9.72 Å². The molecular formula is C19H16N2O. The summed E-state index contributed by atoms with van der Waals surface area (Å²) in [5.41, 5.74) is 5.51. The number of nitrogens with one attached hydrogen (secondary N) is 1. The van der Waals surface area contributed by atoms with Crippen molar-refractivity contribution in [2.75, 3.05) is 7.11 Å². The molecule has 0 radical (unpaired) electrons. The fourth-order valence-corrected chi connectivity index (χ4v) is 2.86. The Balaban J connectivity index is 2.02. The lowest BCUT2D eigenvalue weighted by atomic mass is 10.1. The number of hydrogen-bond acceptors (Lipinski definition) is 2. The van der Waals surface area contributed by atoms with Crippen LogP contribution in [-0.2, 0) is 0 Å². The minimum Gasteiger partial charge on any atom is -0.497 e. The zero-order valence-electron chi connectivity index (χ0n) is 12.6. The fourth-order valence-electron chi connectivity index (χ4n) is 2.86. The van der Waals surface area contributed by atoms with Gasteiger partial charge in [-0.3, -0.25) is 4.98 Å². The summed E-state index contributed by atoms with van der Waals surface area (Å²) in [6, 6.07) is 16.6. The lowest BCUT2D eigenvalue weighted by molar-refractivity contribution is 0.415. The van der Waals surface area contributed by atoms with Gasteiger partial charge in [0.05, 0.1) is 18.3 Å². The number of aromatic nitrogens is 2. The van der Waals surface area contributed by atoms with Crippen LogP contribution in [0.1, 0.15) is 5.56 Å². The second-order valence-corrected chi connectivity index (χ2v) is 5.48. The number of pyridine rings is 1. The number of ether oxygens (including phenoxy) is 1. The molecule has 2 aromatic heterocycles. The molecule has 4 rings (SSSR count). The van der Waals surface area contributed by atoms with Crippen molar-refractivity contribution in [3.05, 3.63) is 60.3 Å². The maximum atomic E-state index is 5.34. The summed E-state index contributed by atoms with van der Waals surface area (Å²) in [6.07, 6.45) is 1.87. The number of rotatable bonds is 2. The molecule has 0 amide bonds. The Hall–Kier alpha value is -2.81. The Morgan fingerprint density at radius 2 is 1.77 bits per heavy atom. The van der Waals surface area contributed by atoms with E-state index in [1.165, 1.54) is 10.9 Å². The van der Waals surface area contributed by atoms with E-state index in [0.717, 1.165) is 33.4 Å². The van der Waals surface area contributed by atoms with Gasteiger partial charge >= 0.3 is 0 Å². The second kappa shape index (κ2) is 4.88. The highest BCUT2D eigenvalue weighted by molar-refractivity contribution is 6.11. The summed E-state index contributed by atoms with van der Waals surface area (Å²) in [6.45, 7) is 2.09. The molecule has 1 N–H and O–H groups in total. The minimum atomic E-state index is 0.863. The number of fused-ring (bicyclic) bond motifs is 3. The average molecular weight is 288 g/mol. The summed E-state index contributed by atoms with van der Waals surface area (Å²) >= 11 is 0. The standard InChI is InChI=1S/C19H16N2O/c1-12-3-5-13(6-4-12)18-19-15(9-10-20-18)16-11-14(22-2)7-8-17(16)21-19/h3-11,21H,1-2H3. The fraction of sp³-hybridized carbons (Fsp3) is 0.105. The molecule has 108 valence electrons. The van der Waals surface area contributed by atoms with E-state index in [0.29, 0.717) is 0 Å². The van der Waals surface area contributed by atoms with Gasteiger partial charge in [0, 0.05) is 28.0 Å². The maximum Gasteiger partial charge on any atom is 0.119 e. The van der Waals surface area contributed by atoms with Crippen molar-refractivity contribution in [2.45, 2.75) is 6.92 Å². The Morgan fingerprint density at radius 1 is 0.955 bits per heavy atom. The van der Waals surface area contributed by atoms with Gasteiger partial charge in [0.1, 0.15) is 5.75 Å². The molecule has 3 nitrogen and oxygen atoms in total. The first-order valence-electron chi connectivity index (χ1n) is 7.28. The third kappa shape index (κ3) is 1.94. The van der Waals surface area contributed by atoms with E-state index in [2.05, 4.69) is 47.2 Å². The summed E-state index contributed by atoms with van der Waals surface area (Å²) in [4.78, 5) is 8.08. The van der Waals surface area contributed by atoms with Crippen molar-refractivity contribution in [1.29, 1.82) is 0 Å². The topological polar surface area (TPSA) is 37.9 Å². The van der Waals surface area contributed by atoms with Crippen LogP contribution in [0.3, 0.4) is 0 Å². The van der Waals surface area contributed by atoms with Crippen LogP contribution in [0.2, 0.25) is 0 Å². The molecule has 0 unspecified atom stereocenters. The predicted molar refractivity (Wildman–Crippen MR) is 90.3 cm³/mol. The van der Waals surface area contributed by atoms with Crippen molar-refractivity contribution in [2.24, 2.45) is 0 Å². The van der Waals surface area contributed by atoms with E-state index in [4.69, 9.17) is 4.74 Å². The van der Waals surface area contributed by atoms with Gasteiger partial charge in [0.25, 0.3) is 0 Å². The Morgan fingerprint density at radius 3 is 2.55 bits per heavy atom. The summed E-state index contributed by atoms with van der Waals surface area (Å²) < 4.78 is 5.34. The molecule has 0 saturated heterocycles. The molecule has 0 saturated carbocycles. The molecule has 0 aliphatic rings. The number of benzene rings is 2. The SMILES string of the molecule is COc1ccc2[nH]c3c(-c4ccc(C)cc4)nccc3c2c1. The Labute approximate surface area is 128 Å². The first-order valence-corrected chi connectivity index (χ1v) is 7.28. The van der Waals surface area contributed by atoms with Crippen molar-refractivity contribution in [3.63, 3.8) is 0 Å². The molecule has 2 heterocycles.